The second kappa shape index (κ2) is 8.83. The molecule has 4 rings (SSSR count). The normalized spacial score (nSPS) is 13.3. The fourth-order valence-electron chi connectivity index (χ4n) is 3.50. The molecular formula is C24H19N3O6. The maximum Gasteiger partial charge on any atom is 0.282 e. The fraction of sp³-hybridized carbons (Fsp3) is 0.0833. The Balaban J connectivity index is 1.83. The molecule has 166 valence electrons. The number of imide groups is 1. The van der Waals surface area contributed by atoms with E-state index in [9.17, 15) is 19.7 Å². The first-order valence-electron chi connectivity index (χ1n) is 9.86. The van der Waals surface area contributed by atoms with Crippen LogP contribution < -0.4 is 19.7 Å². The van der Waals surface area contributed by atoms with Crippen molar-refractivity contribution in [3.8, 4) is 11.5 Å². The highest BCUT2D eigenvalue weighted by atomic mass is 16.6. The molecule has 1 aliphatic heterocycles. The molecule has 9 heteroatoms. The average molecular weight is 445 g/mol. The summed E-state index contributed by atoms with van der Waals surface area (Å²) in [4.78, 5) is 38.4. The summed E-state index contributed by atoms with van der Waals surface area (Å²) >= 11 is 0. The summed E-state index contributed by atoms with van der Waals surface area (Å²) < 4.78 is 10.6. The Morgan fingerprint density at radius 2 is 1.45 bits per heavy atom. The quantitative estimate of drug-likeness (QED) is 0.332. The lowest BCUT2D eigenvalue weighted by atomic mass is 10.0. The van der Waals surface area contributed by atoms with E-state index in [2.05, 4.69) is 5.32 Å². The molecule has 9 nitrogen and oxygen atoms in total. The van der Waals surface area contributed by atoms with E-state index in [0.29, 0.717) is 28.4 Å². The van der Waals surface area contributed by atoms with Gasteiger partial charge in [-0.1, -0.05) is 18.2 Å². The molecule has 0 fully saturated rings. The number of non-ortho nitro benzene ring substituents is 1. The molecule has 0 spiro atoms. The van der Waals surface area contributed by atoms with E-state index in [4.69, 9.17) is 9.47 Å². The lowest BCUT2D eigenvalue weighted by molar-refractivity contribution is -0.384. The van der Waals surface area contributed by atoms with Crippen molar-refractivity contribution in [2.45, 2.75) is 0 Å². The van der Waals surface area contributed by atoms with Gasteiger partial charge in [0.2, 0.25) is 0 Å². The van der Waals surface area contributed by atoms with E-state index in [1.807, 2.05) is 0 Å². The summed E-state index contributed by atoms with van der Waals surface area (Å²) in [7, 11) is 3.00. The van der Waals surface area contributed by atoms with Crippen LogP contribution in [-0.2, 0) is 9.59 Å². The van der Waals surface area contributed by atoms with Gasteiger partial charge in [-0.3, -0.25) is 19.7 Å². The Labute approximate surface area is 189 Å². The summed E-state index contributed by atoms with van der Waals surface area (Å²) in [5, 5.41) is 14.1. The third-order valence-corrected chi connectivity index (χ3v) is 5.09. The maximum absolute atomic E-state index is 13.4. The van der Waals surface area contributed by atoms with Crippen LogP contribution >= 0.6 is 0 Å². The maximum atomic E-state index is 13.4. The molecule has 1 aliphatic rings. The zero-order valence-corrected chi connectivity index (χ0v) is 17.8. The number of rotatable bonds is 7. The first kappa shape index (κ1) is 21.6. The minimum Gasteiger partial charge on any atom is -0.497 e. The zero-order chi connectivity index (χ0) is 23.5. The van der Waals surface area contributed by atoms with Crippen molar-refractivity contribution < 1.29 is 24.0 Å². The Bertz CT molecular complexity index is 1250. The van der Waals surface area contributed by atoms with Gasteiger partial charge in [0.05, 0.1) is 30.4 Å². The highest BCUT2D eigenvalue weighted by molar-refractivity contribution is 6.46. The number of methoxy groups -OCH3 is 2. The lowest BCUT2D eigenvalue weighted by Gasteiger charge is -2.15. The van der Waals surface area contributed by atoms with E-state index in [1.54, 1.807) is 48.5 Å². The summed E-state index contributed by atoms with van der Waals surface area (Å²) in [6.07, 6.45) is 0. The van der Waals surface area contributed by atoms with Crippen LogP contribution in [0, 0.1) is 10.1 Å². The van der Waals surface area contributed by atoms with E-state index in [1.165, 1.54) is 38.5 Å². The predicted octanol–water partition coefficient (Wildman–Crippen LogP) is 4.01. The second-order valence-corrected chi connectivity index (χ2v) is 7.06. The van der Waals surface area contributed by atoms with Gasteiger partial charge in [0, 0.05) is 36.0 Å². The van der Waals surface area contributed by atoms with Gasteiger partial charge in [-0.2, -0.15) is 0 Å². The standard InChI is InChI=1S/C24H19N3O6/c1-32-19-12-16(13-20(14-19)33-2)25-22-21(15-8-10-18(11-9-15)27(30)31)23(28)26(24(22)29)17-6-4-3-5-7-17/h3-14,25H,1-2H3. The third kappa shape index (κ3) is 4.11. The summed E-state index contributed by atoms with van der Waals surface area (Å²) in [5.74, 6) is -0.115. The molecule has 1 N–H and O–H groups in total. The number of anilines is 2. The van der Waals surface area contributed by atoms with Gasteiger partial charge >= 0.3 is 0 Å². The summed E-state index contributed by atoms with van der Waals surface area (Å²) in [6, 6.07) is 19.0. The van der Waals surface area contributed by atoms with Gasteiger partial charge in [-0.25, -0.2) is 4.90 Å². The number of nitro benzene ring substituents is 1. The van der Waals surface area contributed by atoms with Crippen molar-refractivity contribution in [1.29, 1.82) is 0 Å². The number of ether oxygens (including phenoxy) is 2. The number of hydrogen-bond donors (Lipinski definition) is 1. The average Bonchev–Trinajstić information content (AvgIpc) is 3.08. The number of para-hydroxylation sites is 1. The SMILES string of the molecule is COc1cc(NC2=C(c3ccc([N+](=O)[O-])cc3)C(=O)N(c3ccccc3)C2=O)cc(OC)c1. The second-order valence-electron chi connectivity index (χ2n) is 7.06. The molecule has 1 heterocycles. The Kier molecular flexibility index (Phi) is 5.77. The van der Waals surface area contributed by atoms with Gasteiger partial charge in [0.15, 0.2) is 0 Å². The van der Waals surface area contributed by atoms with Crippen molar-refractivity contribution >= 4 is 34.4 Å². The zero-order valence-electron chi connectivity index (χ0n) is 17.8. The molecule has 0 saturated heterocycles. The monoisotopic (exact) mass is 445 g/mol. The minimum atomic E-state index is -0.554. The number of carbonyl (C=O) groups excluding carboxylic acids is 2. The lowest BCUT2D eigenvalue weighted by Crippen LogP contribution is -2.32. The van der Waals surface area contributed by atoms with Crippen LogP contribution in [0.4, 0.5) is 17.1 Å². The van der Waals surface area contributed by atoms with Crippen LogP contribution in [0.5, 0.6) is 11.5 Å². The number of nitrogens with one attached hydrogen (secondary N) is 1. The molecule has 2 amide bonds. The molecule has 0 atom stereocenters. The van der Waals surface area contributed by atoms with E-state index < -0.39 is 16.7 Å². The van der Waals surface area contributed by atoms with Crippen LogP contribution in [0.25, 0.3) is 5.57 Å². The molecule has 0 aromatic heterocycles. The van der Waals surface area contributed by atoms with Crippen LogP contribution in [0.2, 0.25) is 0 Å². The largest absolute Gasteiger partial charge is 0.497 e. The molecule has 33 heavy (non-hydrogen) atoms. The number of carbonyl (C=O) groups is 2. The number of nitro groups is 1. The molecular weight excluding hydrogens is 426 g/mol. The van der Waals surface area contributed by atoms with Crippen LogP contribution in [0.3, 0.4) is 0 Å². The highest BCUT2D eigenvalue weighted by Crippen LogP contribution is 2.35. The van der Waals surface area contributed by atoms with Gasteiger partial charge < -0.3 is 14.8 Å². The first-order valence-corrected chi connectivity index (χ1v) is 9.86. The first-order chi connectivity index (χ1) is 15.9. The van der Waals surface area contributed by atoms with Crippen molar-refractivity contribution in [2.75, 3.05) is 24.4 Å². The molecule has 3 aromatic rings. The van der Waals surface area contributed by atoms with Crippen LogP contribution in [0.1, 0.15) is 5.56 Å². The Morgan fingerprint density at radius 3 is 2.00 bits per heavy atom. The van der Waals surface area contributed by atoms with E-state index in [-0.39, 0.29) is 17.0 Å². The number of nitrogens with zero attached hydrogens (tertiary/aromatic N) is 2. The van der Waals surface area contributed by atoms with Crippen molar-refractivity contribution in [1.82, 2.24) is 0 Å². The van der Waals surface area contributed by atoms with Crippen molar-refractivity contribution in [3.63, 3.8) is 0 Å². The summed E-state index contributed by atoms with van der Waals surface area (Å²) in [5.41, 5.74) is 1.26. The number of amides is 2. The highest BCUT2D eigenvalue weighted by Gasteiger charge is 2.40. The minimum absolute atomic E-state index is 0.0352. The fourth-order valence-corrected chi connectivity index (χ4v) is 3.50. The van der Waals surface area contributed by atoms with Crippen LogP contribution in [0.15, 0.2) is 78.5 Å². The van der Waals surface area contributed by atoms with Gasteiger partial charge in [0.25, 0.3) is 17.5 Å². The van der Waals surface area contributed by atoms with Crippen molar-refractivity contribution in [3.05, 3.63) is 94.2 Å². The van der Waals surface area contributed by atoms with E-state index >= 15 is 0 Å². The molecule has 0 radical (unpaired) electrons. The van der Waals surface area contributed by atoms with E-state index in [0.717, 1.165) is 4.90 Å². The Morgan fingerprint density at radius 1 is 0.848 bits per heavy atom. The topological polar surface area (TPSA) is 111 Å². The summed E-state index contributed by atoms with van der Waals surface area (Å²) in [6.45, 7) is 0. The van der Waals surface area contributed by atoms with Crippen molar-refractivity contribution in [2.24, 2.45) is 0 Å². The number of hydrogen-bond acceptors (Lipinski definition) is 7. The molecule has 3 aromatic carbocycles. The molecule has 0 bridgehead atoms. The van der Waals surface area contributed by atoms with Gasteiger partial charge in [-0.15, -0.1) is 0 Å². The molecule has 0 unspecified atom stereocenters. The molecule has 0 saturated carbocycles. The third-order valence-electron chi connectivity index (χ3n) is 5.09. The van der Waals surface area contributed by atoms with Gasteiger partial charge in [-0.05, 0) is 29.8 Å². The van der Waals surface area contributed by atoms with Crippen LogP contribution in [-0.4, -0.2) is 31.0 Å². The molecule has 0 aliphatic carbocycles. The Hall–Kier alpha value is -4.66. The van der Waals surface area contributed by atoms with Gasteiger partial charge in [0.1, 0.15) is 17.2 Å². The number of benzene rings is 3. The smallest absolute Gasteiger partial charge is 0.282 e. The predicted molar refractivity (Wildman–Crippen MR) is 122 cm³/mol.